The first-order valence-electron chi connectivity index (χ1n) is 6.55. The summed E-state index contributed by atoms with van der Waals surface area (Å²) in [5, 5.41) is 3.46. The van der Waals surface area contributed by atoms with Gasteiger partial charge in [-0.15, -0.1) is 0 Å². The molecule has 2 heteroatoms. The molecular formula is C15H23NO. The van der Waals surface area contributed by atoms with Crippen molar-refractivity contribution in [1.82, 2.24) is 5.32 Å². The zero-order chi connectivity index (χ0) is 12.3. The molecule has 1 N–H and O–H groups in total. The highest BCUT2D eigenvalue weighted by molar-refractivity contribution is 5.37. The van der Waals surface area contributed by atoms with Crippen molar-refractivity contribution in [2.45, 2.75) is 26.7 Å². The molecule has 1 aromatic carbocycles. The average molecular weight is 233 g/mol. The maximum Gasteiger partial charge on any atom is 0.122 e. The van der Waals surface area contributed by atoms with Gasteiger partial charge in [0.15, 0.2) is 0 Å². The molecule has 1 aliphatic rings. The van der Waals surface area contributed by atoms with E-state index in [1.54, 1.807) is 7.11 Å². The van der Waals surface area contributed by atoms with Gasteiger partial charge in [0.1, 0.15) is 5.75 Å². The standard InChI is InChI=1S/C15H23NO/c1-11-4-5-15(17-3)14(8-11)9-13-6-7-16-10-12(13)2/h4-5,8,12-13,16H,6-7,9-10H2,1-3H3. The van der Waals surface area contributed by atoms with E-state index in [1.165, 1.54) is 17.5 Å². The maximum absolute atomic E-state index is 5.46. The lowest BCUT2D eigenvalue weighted by Crippen LogP contribution is -2.35. The summed E-state index contributed by atoms with van der Waals surface area (Å²) in [6.07, 6.45) is 2.42. The topological polar surface area (TPSA) is 21.3 Å². The number of aryl methyl sites for hydroxylation is 1. The molecule has 0 aliphatic carbocycles. The number of nitrogens with one attached hydrogen (secondary N) is 1. The van der Waals surface area contributed by atoms with Gasteiger partial charge >= 0.3 is 0 Å². The second-order valence-electron chi connectivity index (χ2n) is 5.25. The minimum Gasteiger partial charge on any atom is -0.496 e. The van der Waals surface area contributed by atoms with Crippen LogP contribution in [0.2, 0.25) is 0 Å². The van der Waals surface area contributed by atoms with Gasteiger partial charge in [0, 0.05) is 0 Å². The second-order valence-corrected chi connectivity index (χ2v) is 5.25. The van der Waals surface area contributed by atoms with E-state index in [0.717, 1.165) is 37.1 Å². The quantitative estimate of drug-likeness (QED) is 0.867. The van der Waals surface area contributed by atoms with Crippen molar-refractivity contribution in [1.29, 1.82) is 0 Å². The molecule has 0 saturated carbocycles. The van der Waals surface area contributed by atoms with Gasteiger partial charge in [-0.25, -0.2) is 0 Å². The molecule has 1 aliphatic heterocycles. The number of rotatable bonds is 3. The molecule has 0 spiro atoms. The van der Waals surface area contributed by atoms with Crippen LogP contribution in [0.3, 0.4) is 0 Å². The molecule has 0 bridgehead atoms. The van der Waals surface area contributed by atoms with E-state index in [-0.39, 0.29) is 0 Å². The summed E-state index contributed by atoms with van der Waals surface area (Å²) in [7, 11) is 1.76. The molecule has 2 rings (SSSR count). The molecule has 17 heavy (non-hydrogen) atoms. The molecule has 1 aromatic rings. The molecule has 1 saturated heterocycles. The molecule has 0 amide bonds. The summed E-state index contributed by atoms with van der Waals surface area (Å²) in [6, 6.07) is 6.48. The third-order valence-corrected chi connectivity index (χ3v) is 3.88. The van der Waals surface area contributed by atoms with Crippen LogP contribution < -0.4 is 10.1 Å². The number of benzene rings is 1. The Bertz CT molecular complexity index is 375. The molecule has 0 aromatic heterocycles. The Morgan fingerprint density at radius 2 is 2.24 bits per heavy atom. The fraction of sp³-hybridized carbons (Fsp3) is 0.600. The number of piperidine rings is 1. The monoisotopic (exact) mass is 233 g/mol. The van der Waals surface area contributed by atoms with Gasteiger partial charge in [0.2, 0.25) is 0 Å². The van der Waals surface area contributed by atoms with Gasteiger partial charge in [0.05, 0.1) is 7.11 Å². The molecule has 2 unspecified atom stereocenters. The number of methoxy groups -OCH3 is 1. The maximum atomic E-state index is 5.46. The molecule has 2 nitrogen and oxygen atoms in total. The normalized spacial score (nSPS) is 24.6. The summed E-state index contributed by atoms with van der Waals surface area (Å²) in [6.45, 7) is 6.80. The Labute approximate surface area is 104 Å². The van der Waals surface area contributed by atoms with Crippen molar-refractivity contribution >= 4 is 0 Å². The van der Waals surface area contributed by atoms with Crippen LogP contribution in [-0.4, -0.2) is 20.2 Å². The van der Waals surface area contributed by atoms with Crippen LogP contribution in [0.5, 0.6) is 5.75 Å². The summed E-state index contributed by atoms with van der Waals surface area (Å²) >= 11 is 0. The highest BCUT2D eigenvalue weighted by Gasteiger charge is 2.22. The molecular weight excluding hydrogens is 210 g/mol. The second kappa shape index (κ2) is 5.54. The Morgan fingerprint density at radius 1 is 1.41 bits per heavy atom. The van der Waals surface area contributed by atoms with Crippen molar-refractivity contribution in [2.75, 3.05) is 20.2 Å². The Hall–Kier alpha value is -1.02. The SMILES string of the molecule is COc1ccc(C)cc1CC1CCNCC1C. The number of ether oxygens (including phenoxy) is 1. The summed E-state index contributed by atoms with van der Waals surface area (Å²) in [5.41, 5.74) is 2.69. The van der Waals surface area contributed by atoms with Crippen molar-refractivity contribution in [2.24, 2.45) is 11.8 Å². The molecule has 1 heterocycles. The van der Waals surface area contributed by atoms with Crippen LogP contribution >= 0.6 is 0 Å². The first kappa shape index (κ1) is 12.4. The van der Waals surface area contributed by atoms with Gasteiger partial charge in [-0.2, -0.15) is 0 Å². The number of hydrogen-bond donors (Lipinski definition) is 1. The highest BCUT2D eigenvalue weighted by Crippen LogP contribution is 2.28. The van der Waals surface area contributed by atoms with Gasteiger partial charge < -0.3 is 10.1 Å². The van der Waals surface area contributed by atoms with E-state index in [4.69, 9.17) is 4.74 Å². The number of hydrogen-bond acceptors (Lipinski definition) is 2. The molecule has 94 valence electrons. The molecule has 1 fully saturated rings. The zero-order valence-corrected chi connectivity index (χ0v) is 11.1. The van der Waals surface area contributed by atoms with E-state index in [9.17, 15) is 0 Å². The van der Waals surface area contributed by atoms with Gasteiger partial charge in [0.25, 0.3) is 0 Å². The van der Waals surface area contributed by atoms with Crippen LogP contribution in [0.25, 0.3) is 0 Å². The summed E-state index contributed by atoms with van der Waals surface area (Å²) < 4.78 is 5.46. The Balaban J connectivity index is 2.13. The van der Waals surface area contributed by atoms with Crippen LogP contribution in [0.4, 0.5) is 0 Å². The average Bonchev–Trinajstić information content (AvgIpc) is 2.32. The van der Waals surface area contributed by atoms with Gasteiger partial charge in [-0.3, -0.25) is 0 Å². The molecule has 2 atom stereocenters. The van der Waals surface area contributed by atoms with Crippen LogP contribution in [0, 0.1) is 18.8 Å². The van der Waals surface area contributed by atoms with E-state index < -0.39 is 0 Å². The fourth-order valence-corrected chi connectivity index (χ4v) is 2.72. The van der Waals surface area contributed by atoms with E-state index in [0.29, 0.717) is 0 Å². The van der Waals surface area contributed by atoms with Gasteiger partial charge in [-0.05, 0) is 56.3 Å². The Kier molecular flexibility index (Phi) is 4.06. The van der Waals surface area contributed by atoms with Crippen LogP contribution in [-0.2, 0) is 6.42 Å². The smallest absolute Gasteiger partial charge is 0.122 e. The predicted molar refractivity (Wildman–Crippen MR) is 71.6 cm³/mol. The highest BCUT2D eigenvalue weighted by atomic mass is 16.5. The third-order valence-electron chi connectivity index (χ3n) is 3.88. The van der Waals surface area contributed by atoms with Crippen molar-refractivity contribution in [3.63, 3.8) is 0 Å². The van der Waals surface area contributed by atoms with E-state index in [1.807, 2.05) is 0 Å². The zero-order valence-electron chi connectivity index (χ0n) is 11.1. The fourth-order valence-electron chi connectivity index (χ4n) is 2.72. The lowest BCUT2D eigenvalue weighted by atomic mass is 9.83. The minimum absolute atomic E-state index is 0.758. The van der Waals surface area contributed by atoms with Gasteiger partial charge in [-0.1, -0.05) is 24.6 Å². The lowest BCUT2D eigenvalue weighted by Gasteiger charge is -2.30. The van der Waals surface area contributed by atoms with Crippen LogP contribution in [0.15, 0.2) is 18.2 Å². The largest absolute Gasteiger partial charge is 0.496 e. The van der Waals surface area contributed by atoms with E-state index >= 15 is 0 Å². The molecule has 0 radical (unpaired) electrons. The lowest BCUT2D eigenvalue weighted by molar-refractivity contribution is 0.269. The summed E-state index contributed by atoms with van der Waals surface area (Å²) in [5.74, 6) is 2.59. The van der Waals surface area contributed by atoms with Crippen molar-refractivity contribution < 1.29 is 4.74 Å². The first-order chi connectivity index (χ1) is 8.20. The third kappa shape index (κ3) is 3.01. The van der Waals surface area contributed by atoms with Crippen LogP contribution in [0.1, 0.15) is 24.5 Å². The minimum atomic E-state index is 0.758. The van der Waals surface area contributed by atoms with Crippen molar-refractivity contribution in [3.05, 3.63) is 29.3 Å². The Morgan fingerprint density at radius 3 is 2.94 bits per heavy atom. The summed E-state index contributed by atoms with van der Waals surface area (Å²) in [4.78, 5) is 0. The first-order valence-corrected chi connectivity index (χ1v) is 6.55. The van der Waals surface area contributed by atoms with Crippen molar-refractivity contribution in [3.8, 4) is 5.75 Å². The van der Waals surface area contributed by atoms with E-state index in [2.05, 4.69) is 37.4 Å². The predicted octanol–water partition coefficient (Wildman–Crippen LogP) is 2.79.